The predicted molar refractivity (Wildman–Crippen MR) is 76.7 cm³/mol. The molecule has 0 bridgehead atoms. The van der Waals surface area contributed by atoms with Crippen LogP contribution in [0.15, 0.2) is 30.5 Å². The van der Waals surface area contributed by atoms with Crippen molar-refractivity contribution >= 4 is 22.3 Å². The topological polar surface area (TPSA) is 42.1 Å². The second kappa shape index (κ2) is 4.16. The van der Waals surface area contributed by atoms with Gasteiger partial charge in [0.2, 0.25) is 0 Å². The Morgan fingerprint density at radius 3 is 2.83 bits per heavy atom. The molecule has 3 nitrogen and oxygen atoms in total. The summed E-state index contributed by atoms with van der Waals surface area (Å²) in [5, 5.41) is 1.05. The molecule has 1 atom stereocenters. The van der Waals surface area contributed by atoms with E-state index in [2.05, 4.69) is 29.9 Å². The third kappa shape index (κ3) is 1.80. The number of anilines is 2. The largest absolute Gasteiger partial charge is 0.398 e. The Balaban J connectivity index is 2.08. The molecule has 0 spiro atoms. The molecule has 3 rings (SSSR count). The van der Waals surface area contributed by atoms with Gasteiger partial charge in [0.05, 0.1) is 11.2 Å². The summed E-state index contributed by atoms with van der Waals surface area (Å²) in [5.74, 6) is 0.839. The van der Waals surface area contributed by atoms with E-state index >= 15 is 0 Å². The third-order valence-electron chi connectivity index (χ3n) is 4.08. The maximum absolute atomic E-state index is 6.01. The van der Waals surface area contributed by atoms with Crippen LogP contribution in [0.25, 0.3) is 10.9 Å². The van der Waals surface area contributed by atoms with Crippen LogP contribution < -0.4 is 10.6 Å². The highest BCUT2D eigenvalue weighted by Gasteiger charge is 2.31. The van der Waals surface area contributed by atoms with E-state index in [-0.39, 0.29) is 0 Å². The summed E-state index contributed by atoms with van der Waals surface area (Å²) in [5.41, 5.74) is 9.00. The fourth-order valence-corrected chi connectivity index (χ4v) is 2.58. The van der Waals surface area contributed by atoms with Crippen LogP contribution in [-0.2, 0) is 0 Å². The summed E-state index contributed by atoms with van der Waals surface area (Å²) in [6.45, 7) is 2.29. The van der Waals surface area contributed by atoms with Crippen molar-refractivity contribution in [2.75, 3.05) is 17.7 Å². The molecule has 2 aromatic rings. The average Bonchev–Trinajstić information content (AvgIpc) is 3.22. The fourth-order valence-electron chi connectivity index (χ4n) is 2.58. The summed E-state index contributed by atoms with van der Waals surface area (Å²) in [6.07, 6.45) is 4.54. The monoisotopic (exact) mass is 241 g/mol. The van der Waals surface area contributed by atoms with Gasteiger partial charge >= 0.3 is 0 Å². The van der Waals surface area contributed by atoms with E-state index in [0.29, 0.717) is 6.04 Å². The van der Waals surface area contributed by atoms with Gasteiger partial charge in [-0.15, -0.1) is 0 Å². The Bertz CT molecular complexity index is 575. The lowest BCUT2D eigenvalue weighted by Gasteiger charge is -2.28. The van der Waals surface area contributed by atoms with Gasteiger partial charge in [0.1, 0.15) is 0 Å². The lowest BCUT2D eigenvalue weighted by molar-refractivity contribution is 0.610. The first-order valence-corrected chi connectivity index (χ1v) is 6.54. The predicted octanol–water partition coefficient (Wildman–Crippen LogP) is 3.05. The molecule has 1 aromatic heterocycles. The molecule has 0 amide bonds. The highest BCUT2D eigenvalue weighted by atomic mass is 15.1. The minimum absolute atomic E-state index is 0.568. The van der Waals surface area contributed by atoms with E-state index in [9.17, 15) is 0 Å². The number of nitrogen functional groups attached to an aromatic ring is 1. The van der Waals surface area contributed by atoms with E-state index in [1.165, 1.54) is 18.5 Å². The van der Waals surface area contributed by atoms with Crippen molar-refractivity contribution in [3.05, 3.63) is 30.5 Å². The second-order valence-corrected chi connectivity index (χ2v) is 5.26. The number of aromatic nitrogens is 1. The summed E-state index contributed by atoms with van der Waals surface area (Å²) in [7, 11) is 2.16. The number of fused-ring (bicyclic) bond motifs is 1. The van der Waals surface area contributed by atoms with Crippen LogP contribution in [0.2, 0.25) is 0 Å². The van der Waals surface area contributed by atoms with Crippen LogP contribution in [0.3, 0.4) is 0 Å². The quantitative estimate of drug-likeness (QED) is 0.840. The van der Waals surface area contributed by atoms with E-state index in [0.717, 1.165) is 22.5 Å². The standard InChI is InChI=1S/C15H19N3/c1-10(11-5-6-11)18(2)14-8-7-13(16)12-4-3-9-17-15(12)14/h3-4,7-11H,5-6,16H2,1-2H3. The van der Waals surface area contributed by atoms with Gasteiger partial charge in [-0.25, -0.2) is 0 Å². The number of hydrogen-bond acceptors (Lipinski definition) is 3. The molecule has 94 valence electrons. The molecule has 1 heterocycles. The number of pyridine rings is 1. The van der Waals surface area contributed by atoms with Gasteiger partial charge < -0.3 is 10.6 Å². The van der Waals surface area contributed by atoms with Gasteiger partial charge in [-0.3, -0.25) is 4.98 Å². The fraction of sp³-hybridized carbons (Fsp3) is 0.400. The molecule has 1 aromatic carbocycles. The number of nitrogens with zero attached hydrogens (tertiary/aromatic N) is 2. The second-order valence-electron chi connectivity index (χ2n) is 5.26. The van der Waals surface area contributed by atoms with Gasteiger partial charge in [0.15, 0.2) is 0 Å². The molecule has 1 unspecified atom stereocenters. The minimum atomic E-state index is 0.568. The lowest BCUT2D eigenvalue weighted by Crippen LogP contribution is -2.30. The molecule has 0 radical (unpaired) electrons. The van der Waals surface area contributed by atoms with Crippen molar-refractivity contribution in [1.82, 2.24) is 4.98 Å². The Labute approximate surface area is 108 Å². The Morgan fingerprint density at radius 2 is 2.11 bits per heavy atom. The maximum Gasteiger partial charge on any atom is 0.0955 e. The Kier molecular flexibility index (Phi) is 2.62. The zero-order chi connectivity index (χ0) is 12.7. The number of nitrogens with two attached hydrogens (primary N) is 1. The molecule has 2 N–H and O–H groups in total. The van der Waals surface area contributed by atoms with Gasteiger partial charge in [0.25, 0.3) is 0 Å². The van der Waals surface area contributed by atoms with Crippen molar-refractivity contribution in [2.24, 2.45) is 5.92 Å². The van der Waals surface area contributed by atoms with Gasteiger partial charge in [-0.1, -0.05) is 0 Å². The Morgan fingerprint density at radius 1 is 1.33 bits per heavy atom. The molecule has 1 fully saturated rings. The number of rotatable bonds is 3. The van der Waals surface area contributed by atoms with Crippen LogP contribution in [-0.4, -0.2) is 18.1 Å². The van der Waals surface area contributed by atoms with E-state index in [1.807, 2.05) is 24.4 Å². The average molecular weight is 241 g/mol. The first kappa shape index (κ1) is 11.3. The van der Waals surface area contributed by atoms with Crippen molar-refractivity contribution in [3.8, 4) is 0 Å². The van der Waals surface area contributed by atoms with Gasteiger partial charge in [-0.2, -0.15) is 0 Å². The van der Waals surface area contributed by atoms with Gasteiger partial charge in [-0.05, 0) is 49.9 Å². The van der Waals surface area contributed by atoms with Crippen molar-refractivity contribution in [1.29, 1.82) is 0 Å². The lowest BCUT2D eigenvalue weighted by atomic mass is 10.1. The summed E-state index contributed by atoms with van der Waals surface area (Å²) in [6, 6.07) is 8.61. The minimum Gasteiger partial charge on any atom is -0.398 e. The Hall–Kier alpha value is -1.77. The molecular weight excluding hydrogens is 222 g/mol. The SMILES string of the molecule is CC(C1CC1)N(C)c1ccc(N)c2cccnc12. The van der Waals surface area contributed by atoms with Crippen LogP contribution in [0, 0.1) is 5.92 Å². The van der Waals surface area contributed by atoms with Crippen LogP contribution in [0.4, 0.5) is 11.4 Å². The van der Waals surface area contributed by atoms with E-state index < -0.39 is 0 Å². The molecular formula is C15H19N3. The number of benzene rings is 1. The smallest absolute Gasteiger partial charge is 0.0955 e. The molecule has 0 saturated heterocycles. The summed E-state index contributed by atoms with van der Waals surface area (Å²) >= 11 is 0. The first-order chi connectivity index (χ1) is 8.68. The van der Waals surface area contributed by atoms with E-state index in [4.69, 9.17) is 5.73 Å². The van der Waals surface area contributed by atoms with Crippen molar-refractivity contribution in [2.45, 2.75) is 25.8 Å². The molecule has 3 heteroatoms. The van der Waals surface area contributed by atoms with Crippen LogP contribution >= 0.6 is 0 Å². The molecule has 1 aliphatic carbocycles. The van der Waals surface area contributed by atoms with Crippen molar-refractivity contribution in [3.63, 3.8) is 0 Å². The molecule has 0 aliphatic heterocycles. The molecule has 1 aliphatic rings. The van der Waals surface area contributed by atoms with E-state index in [1.54, 1.807) is 0 Å². The zero-order valence-corrected chi connectivity index (χ0v) is 10.9. The number of hydrogen-bond donors (Lipinski definition) is 1. The van der Waals surface area contributed by atoms with Gasteiger partial charge in [0, 0.05) is 30.4 Å². The molecule has 1 saturated carbocycles. The zero-order valence-electron chi connectivity index (χ0n) is 10.9. The first-order valence-electron chi connectivity index (χ1n) is 6.54. The summed E-state index contributed by atoms with van der Waals surface area (Å²) in [4.78, 5) is 6.84. The molecule has 18 heavy (non-hydrogen) atoms. The summed E-state index contributed by atoms with van der Waals surface area (Å²) < 4.78 is 0. The van der Waals surface area contributed by atoms with Crippen molar-refractivity contribution < 1.29 is 0 Å². The normalized spacial score (nSPS) is 16.8. The third-order valence-corrected chi connectivity index (χ3v) is 4.08. The highest BCUT2D eigenvalue weighted by molar-refractivity contribution is 5.98. The van der Waals surface area contributed by atoms with Crippen LogP contribution in [0.5, 0.6) is 0 Å². The van der Waals surface area contributed by atoms with Crippen LogP contribution in [0.1, 0.15) is 19.8 Å². The maximum atomic E-state index is 6.01. The highest BCUT2D eigenvalue weighted by Crippen LogP contribution is 2.38.